The minimum atomic E-state index is 0.0594. The van der Waals surface area contributed by atoms with E-state index in [1.807, 2.05) is 11.3 Å². The highest BCUT2D eigenvalue weighted by Gasteiger charge is 2.36. The molecule has 2 aliphatic rings. The quantitative estimate of drug-likeness (QED) is 0.464. The van der Waals surface area contributed by atoms with Gasteiger partial charge in [0, 0.05) is 27.4 Å². The van der Waals surface area contributed by atoms with Crippen molar-refractivity contribution in [1.82, 2.24) is 0 Å². The maximum atomic E-state index is 2.42. The van der Waals surface area contributed by atoms with E-state index in [0.717, 1.165) is 12.8 Å². The summed E-state index contributed by atoms with van der Waals surface area (Å²) in [5.74, 6) is 0. The van der Waals surface area contributed by atoms with E-state index in [4.69, 9.17) is 0 Å². The van der Waals surface area contributed by atoms with E-state index >= 15 is 0 Å². The minimum Gasteiger partial charge on any atom is -0.314 e. The molecule has 27 heavy (non-hydrogen) atoms. The normalized spacial score (nSPS) is 16.6. The third-order valence-corrected chi connectivity index (χ3v) is 6.76. The van der Waals surface area contributed by atoms with Gasteiger partial charge in [-0.3, -0.25) is 0 Å². The lowest BCUT2D eigenvalue weighted by Gasteiger charge is -2.30. The standard InChI is InChI=1S/C25H23NS/c1-25(2)22-15-16-27-24(22)21-14-13-20(17-23(21)25)26(18-9-5-3-6-10-18)19-11-7-4-8-12-19/h3-7,9-11,13-17H,8,12H2,1-2H3. The number of fused-ring (bicyclic) bond motifs is 3. The topological polar surface area (TPSA) is 3.24 Å². The van der Waals surface area contributed by atoms with Gasteiger partial charge in [0.25, 0.3) is 0 Å². The Hall–Kier alpha value is -2.58. The van der Waals surface area contributed by atoms with Crippen molar-refractivity contribution in [2.24, 2.45) is 0 Å². The van der Waals surface area contributed by atoms with Gasteiger partial charge in [-0.1, -0.05) is 50.3 Å². The molecule has 0 spiro atoms. The molecule has 134 valence electrons. The minimum absolute atomic E-state index is 0.0594. The first-order valence-corrected chi connectivity index (χ1v) is 10.5. The summed E-state index contributed by atoms with van der Waals surface area (Å²) < 4.78 is 0. The summed E-state index contributed by atoms with van der Waals surface area (Å²) in [5, 5.41) is 2.22. The van der Waals surface area contributed by atoms with Crippen LogP contribution in [0.3, 0.4) is 0 Å². The molecule has 0 fully saturated rings. The number of allylic oxidation sites excluding steroid dienone is 4. The summed E-state index contributed by atoms with van der Waals surface area (Å²) in [6.45, 7) is 4.70. The molecule has 2 heteroatoms. The summed E-state index contributed by atoms with van der Waals surface area (Å²) in [5.41, 5.74) is 8.20. The number of thiophene rings is 1. The van der Waals surface area contributed by atoms with Gasteiger partial charge in [0.1, 0.15) is 0 Å². The molecule has 0 aliphatic heterocycles. The highest BCUT2D eigenvalue weighted by molar-refractivity contribution is 7.13. The Labute approximate surface area is 165 Å². The van der Waals surface area contributed by atoms with Crippen molar-refractivity contribution in [3.05, 3.63) is 95.0 Å². The molecule has 0 amide bonds. The summed E-state index contributed by atoms with van der Waals surface area (Å²) in [6.07, 6.45) is 8.86. The Morgan fingerprint density at radius 1 is 0.926 bits per heavy atom. The SMILES string of the molecule is CC1(C)c2cc(N(C3=CC=CCC3)c3ccccc3)ccc2-c2sccc21. The molecule has 0 atom stereocenters. The first-order valence-electron chi connectivity index (χ1n) is 9.60. The Kier molecular flexibility index (Phi) is 3.84. The number of nitrogens with zero attached hydrogens (tertiary/aromatic N) is 1. The zero-order valence-corrected chi connectivity index (χ0v) is 16.6. The molecular weight excluding hydrogens is 346 g/mol. The Morgan fingerprint density at radius 2 is 1.78 bits per heavy atom. The van der Waals surface area contributed by atoms with Gasteiger partial charge < -0.3 is 4.90 Å². The third-order valence-electron chi connectivity index (χ3n) is 5.81. The van der Waals surface area contributed by atoms with E-state index < -0.39 is 0 Å². The molecule has 1 nitrogen and oxygen atoms in total. The number of benzene rings is 2. The molecule has 0 radical (unpaired) electrons. The molecule has 1 heterocycles. The Balaban J connectivity index is 1.67. The fourth-order valence-corrected chi connectivity index (χ4v) is 5.47. The summed E-state index contributed by atoms with van der Waals surface area (Å²) >= 11 is 1.86. The molecule has 0 bridgehead atoms. The predicted octanol–water partition coefficient (Wildman–Crippen LogP) is 7.43. The Morgan fingerprint density at radius 3 is 2.56 bits per heavy atom. The number of hydrogen-bond donors (Lipinski definition) is 0. The largest absolute Gasteiger partial charge is 0.314 e. The lowest BCUT2D eigenvalue weighted by molar-refractivity contribution is 0.661. The van der Waals surface area contributed by atoms with Gasteiger partial charge in [-0.25, -0.2) is 0 Å². The molecule has 0 N–H and O–H groups in total. The van der Waals surface area contributed by atoms with Crippen molar-refractivity contribution in [3.63, 3.8) is 0 Å². The van der Waals surface area contributed by atoms with E-state index in [1.165, 1.54) is 38.6 Å². The zero-order valence-electron chi connectivity index (χ0n) is 15.8. The third kappa shape index (κ3) is 2.59. The maximum absolute atomic E-state index is 2.42. The fourth-order valence-electron chi connectivity index (χ4n) is 4.38. The summed E-state index contributed by atoms with van der Waals surface area (Å²) in [7, 11) is 0. The van der Waals surface area contributed by atoms with Crippen LogP contribution < -0.4 is 4.90 Å². The smallest absolute Gasteiger partial charge is 0.0461 e. The zero-order chi connectivity index (χ0) is 18.4. The molecule has 1 aromatic heterocycles. The predicted molar refractivity (Wildman–Crippen MR) is 117 cm³/mol. The first kappa shape index (κ1) is 16.6. The molecule has 2 aromatic carbocycles. The van der Waals surface area contributed by atoms with Crippen LogP contribution in [0.4, 0.5) is 11.4 Å². The van der Waals surface area contributed by atoms with Crippen LogP contribution in [0.25, 0.3) is 10.4 Å². The number of hydrogen-bond acceptors (Lipinski definition) is 2. The van der Waals surface area contributed by atoms with Gasteiger partial charge >= 0.3 is 0 Å². The van der Waals surface area contributed by atoms with Crippen LogP contribution in [0.5, 0.6) is 0 Å². The van der Waals surface area contributed by atoms with Crippen LogP contribution in [-0.4, -0.2) is 0 Å². The number of rotatable bonds is 3. The van der Waals surface area contributed by atoms with E-state index in [0.29, 0.717) is 0 Å². The Bertz CT molecular complexity index is 1050. The van der Waals surface area contributed by atoms with Crippen LogP contribution >= 0.6 is 11.3 Å². The average molecular weight is 370 g/mol. The monoisotopic (exact) mass is 369 g/mol. The number of anilines is 2. The van der Waals surface area contributed by atoms with Crippen LogP contribution in [-0.2, 0) is 5.41 Å². The van der Waals surface area contributed by atoms with Gasteiger partial charge in [0.15, 0.2) is 0 Å². The average Bonchev–Trinajstić information content (AvgIpc) is 3.27. The van der Waals surface area contributed by atoms with Gasteiger partial charge in [0.05, 0.1) is 0 Å². The van der Waals surface area contributed by atoms with E-state index in [1.54, 1.807) is 0 Å². The molecule has 3 aromatic rings. The summed E-state index contributed by atoms with van der Waals surface area (Å²) in [4.78, 5) is 3.86. The van der Waals surface area contributed by atoms with Gasteiger partial charge in [-0.15, -0.1) is 11.3 Å². The number of para-hydroxylation sites is 1. The van der Waals surface area contributed by atoms with E-state index in [-0.39, 0.29) is 5.41 Å². The van der Waals surface area contributed by atoms with Crippen LogP contribution in [0.1, 0.15) is 37.8 Å². The second kappa shape index (κ2) is 6.24. The van der Waals surface area contributed by atoms with E-state index in [9.17, 15) is 0 Å². The highest BCUT2D eigenvalue weighted by atomic mass is 32.1. The van der Waals surface area contributed by atoms with Crippen molar-refractivity contribution in [1.29, 1.82) is 0 Å². The summed E-state index contributed by atoms with van der Waals surface area (Å²) in [6, 6.07) is 20.0. The molecule has 0 saturated carbocycles. The molecule has 0 unspecified atom stereocenters. The maximum Gasteiger partial charge on any atom is 0.0461 e. The van der Waals surface area contributed by atoms with E-state index in [2.05, 4.69) is 97.0 Å². The fraction of sp³-hybridized carbons (Fsp3) is 0.200. The first-order chi connectivity index (χ1) is 13.2. The molecule has 0 saturated heterocycles. The molecular formula is C25H23NS. The second-order valence-electron chi connectivity index (χ2n) is 7.81. The van der Waals surface area contributed by atoms with Crippen molar-refractivity contribution < 1.29 is 0 Å². The van der Waals surface area contributed by atoms with Crippen LogP contribution in [0, 0.1) is 0 Å². The van der Waals surface area contributed by atoms with Gasteiger partial charge in [-0.2, -0.15) is 0 Å². The van der Waals surface area contributed by atoms with Crippen molar-refractivity contribution in [2.75, 3.05) is 4.90 Å². The molecule has 2 aliphatic carbocycles. The lowest BCUT2D eigenvalue weighted by atomic mass is 9.83. The highest BCUT2D eigenvalue weighted by Crippen LogP contribution is 2.52. The van der Waals surface area contributed by atoms with Crippen molar-refractivity contribution in [3.8, 4) is 10.4 Å². The van der Waals surface area contributed by atoms with Crippen molar-refractivity contribution in [2.45, 2.75) is 32.1 Å². The van der Waals surface area contributed by atoms with Crippen LogP contribution in [0.2, 0.25) is 0 Å². The van der Waals surface area contributed by atoms with Crippen LogP contribution in [0.15, 0.2) is 83.9 Å². The van der Waals surface area contributed by atoms with Gasteiger partial charge in [-0.05, 0) is 71.3 Å². The second-order valence-corrected chi connectivity index (χ2v) is 8.73. The van der Waals surface area contributed by atoms with Gasteiger partial charge in [0.2, 0.25) is 0 Å². The lowest BCUT2D eigenvalue weighted by Crippen LogP contribution is -2.19. The van der Waals surface area contributed by atoms with Crippen molar-refractivity contribution >= 4 is 22.7 Å². The molecule has 5 rings (SSSR count).